The van der Waals surface area contributed by atoms with Crippen LogP contribution in [0.25, 0.3) is 0 Å². The van der Waals surface area contributed by atoms with Crippen molar-refractivity contribution in [1.29, 1.82) is 0 Å². The average molecular weight is 285 g/mol. The van der Waals surface area contributed by atoms with Gasteiger partial charge >= 0.3 is 5.97 Å². The number of nitro groups is 1. The molecule has 1 N–H and O–H groups in total. The number of carbonyl (C=O) groups is 1. The minimum Gasteiger partial charge on any atom is -0.478 e. The molecule has 0 unspecified atom stereocenters. The Labute approximate surface area is 115 Å². The van der Waals surface area contributed by atoms with Gasteiger partial charge < -0.3 is 10.0 Å². The first-order chi connectivity index (χ1) is 8.73. The molecule has 0 fully saturated rings. The third-order valence-corrected chi connectivity index (χ3v) is 2.67. The predicted octanol–water partition coefficient (Wildman–Crippen LogP) is 2.96. The van der Waals surface area contributed by atoms with Crippen molar-refractivity contribution >= 4 is 28.9 Å². The molecule has 0 aliphatic heterocycles. The number of anilines is 1. The Balaban J connectivity index is 3.41. The average Bonchev–Trinajstić information content (AvgIpc) is 2.26. The fraction of sp³-hybridized carbons (Fsp3) is 0.250. The van der Waals surface area contributed by atoms with Gasteiger partial charge in [0.05, 0.1) is 21.2 Å². The number of halogens is 1. The highest BCUT2D eigenvalue weighted by atomic mass is 35.5. The summed E-state index contributed by atoms with van der Waals surface area (Å²) >= 11 is 5.96. The third-order valence-electron chi connectivity index (χ3n) is 2.38. The molecule has 19 heavy (non-hydrogen) atoms. The first-order valence-corrected chi connectivity index (χ1v) is 5.68. The largest absolute Gasteiger partial charge is 0.478 e. The smallest absolute Gasteiger partial charge is 0.338 e. The topological polar surface area (TPSA) is 83.7 Å². The van der Waals surface area contributed by atoms with E-state index in [-0.39, 0.29) is 22.0 Å². The van der Waals surface area contributed by atoms with E-state index in [9.17, 15) is 14.9 Å². The van der Waals surface area contributed by atoms with Gasteiger partial charge in [0.15, 0.2) is 0 Å². The van der Waals surface area contributed by atoms with Crippen molar-refractivity contribution in [3.63, 3.8) is 0 Å². The molecule has 0 aromatic heterocycles. The van der Waals surface area contributed by atoms with E-state index in [2.05, 4.69) is 6.58 Å². The molecule has 1 aromatic carbocycles. The molecule has 0 heterocycles. The molecule has 0 radical (unpaired) electrons. The van der Waals surface area contributed by atoms with Gasteiger partial charge in [-0.15, -0.1) is 0 Å². The summed E-state index contributed by atoms with van der Waals surface area (Å²) < 4.78 is 0. The zero-order valence-electron chi connectivity index (χ0n) is 10.5. The standard InChI is InChI=1S/C12H13ClN2O4/c1-7(2)6-14(3)11-9(12(16)17)4-8(15(18)19)5-10(11)13/h4-5H,1,6H2,2-3H3,(H,16,17). The number of nitro benzene ring substituents is 1. The lowest BCUT2D eigenvalue weighted by molar-refractivity contribution is -0.384. The molecule has 0 aliphatic carbocycles. The Morgan fingerprint density at radius 3 is 2.58 bits per heavy atom. The molecule has 0 saturated heterocycles. The van der Waals surface area contributed by atoms with Crippen molar-refractivity contribution in [3.05, 3.63) is 45.0 Å². The second-order valence-electron chi connectivity index (χ2n) is 4.20. The van der Waals surface area contributed by atoms with Gasteiger partial charge in [-0.25, -0.2) is 4.79 Å². The van der Waals surface area contributed by atoms with Crippen LogP contribution in [0.4, 0.5) is 11.4 Å². The Morgan fingerprint density at radius 1 is 1.58 bits per heavy atom. The third kappa shape index (κ3) is 3.45. The fourth-order valence-corrected chi connectivity index (χ4v) is 2.08. The predicted molar refractivity (Wildman–Crippen MR) is 73.1 cm³/mol. The lowest BCUT2D eigenvalue weighted by atomic mass is 10.1. The molecule has 0 bridgehead atoms. The van der Waals surface area contributed by atoms with Crippen molar-refractivity contribution in [2.45, 2.75) is 6.92 Å². The molecule has 0 atom stereocenters. The molecule has 6 nitrogen and oxygen atoms in total. The number of carboxylic acid groups (broad SMARTS) is 1. The number of rotatable bonds is 5. The number of aromatic carboxylic acids is 1. The molecular formula is C12H13ClN2O4. The van der Waals surface area contributed by atoms with Gasteiger partial charge in [-0.1, -0.05) is 23.8 Å². The highest BCUT2D eigenvalue weighted by Crippen LogP contribution is 2.34. The second kappa shape index (κ2) is 5.71. The zero-order valence-corrected chi connectivity index (χ0v) is 11.3. The molecule has 0 spiro atoms. The minimum atomic E-state index is -1.27. The van der Waals surface area contributed by atoms with Crippen molar-refractivity contribution in [2.24, 2.45) is 0 Å². The quantitative estimate of drug-likeness (QED) is 0.510. The van der Waals surface area contributed by atoms with Crippen LogP contribution in [0, 0.1) is 10.1 Å². The number of hydrogen-bond acceptors (Lipinski definition) is 4. The number of carboxylic acids is 1. The summed E-state index contributed by atoms with van der Waals surface area (Å²) in [6.07, 6.45) is 0. The van der Waals surface area contributed by atoms with Crippen molar-refractivity contribution < 1.29 is 14.8 Å². The van der Waals surface area contributed by atoms with E-state index >= 15 is 0 Å². The molecule has 0 saturated carbocycles. The van der Waals surface area contributed by atoms with E-state index in [0.717, 1.165) is 17.7 Å². The van der Waals surface area contributed by atoms with Gasteiger partial charge in [0.2, 0.25) is 0 Å². The maximum Gasteiger partial charge on any atom is 0.338 e. The van der Waals surface area contributed by atoms with Crippen LogP contribution in [0.2, 0.25) is 5.02 Å². The number of non-ortho nitro benzene ring substituents is 1. The first kappa shape index (κ1) is 15.0. The summed E-state index contributed by atoms with van der Waals surface area (Å²) in [5.41, 5.74) is 0.494. The van der Waals surface area contributed by atoms with Crippen LogP contribution < -0.4 is 4.90 Å². The van der Waals surface area contributed by atoms with Crippen LogP contribution in [0.3, 0.4) is 0 Å². The highest BCUT2D eigenvalue weighted by molar-refractivity contribution is 6.34. The van der Waals surface area contributed by atoms with Gasteiger partial charge in [-0.3, -0.25) is 10.1 Å². The van der Waals surface area contributed by atoms with E-state index in [1.54, 1.807) is 18.9 Å². The number of benzene rings is 1. The number of hydrogen-bond donors (Lipinski definition) is 1. The van der Waals surface area contributed by atoms with E-state index < -0.39 is 10.9 Å². The molecule has 102 valence electrons. The van der Waals surface area contributed by atoms with Gasteiger partial charge in [0.1, 0.15) is 0 Å². The molecule has 1 aromatic rings. The summed E-state index contributed by atoms with van der Waals surface area (Å²) in [6, 6.07) is 2.14. The van der Waals surface area contributed by atoms with Crippen LogP contribution in [0.5, 0.6) is 0 Å². The van der Waals surface area contributed by atoms with Crippen molar-refractivity contribution in [3.8, 4) is 0 Å². The van der Waals surface area contributed by atoms with Gasteiger partial charge in [-0.2, -0.15) is 0 Å². The Hall–Kier alpha value is -2.08. The second-order valence-corrected chi connectivity index (χ2v) is 4.61. The van der Waals surface area contributed by atoms with Gasteiger partial charge in [0, 0.05) is 25.7 Å². The molecule has 7 heteroatoms. The zero-order chi connectivity index (χ0) is 14.7. The Kier molecular flexibility index (Phi) is 4.50. The van der Waals surface area contributed by atoms with Crippen molar-refractivity contribution in [1.82, 2.24) is 0 Å². The SMILES string of the molecule is C=C(C)CN(C)c1c(Cl)cc([N+](=O)[O-])cc1C(=O)O. The summed E-state index contributed by atoms with van der Waals surface area (Å²) in [5.74, 6) is -1.27. The van der Waals surface area contributed by atoms with Crippen LogP contribution in [-0.4, -0.2) is 29.6 Å². The van der Waals surface area contributed by atoms with Crippen LogP contribution in [0.15, 0.2) is 24.3 Å². The summed E-state index contributed by atoms with van der Waals surface area (Å²) in [4.78, 5) is 22.8. The number of likely N-dealkylation sites (N-methyl/N-ethyl adjacent to an activating group) is 1. The van der Waals surface area contributed by atoms with E-state index in [0.29, 0.717) is 6.54 Å². The maximum atomic E-state index is 11.2. The molecule has 0 aliphatic rings. The fourth-order valence-electron chi connectivity index (χ4n) is 1.73. The van der Waals surface area contributed by atoms with Crippen molar-refractivity contribution in [2.75, 3.05) is 18.5 Å². The summed E-state index contributed by atoms with van der Waals surface area (Å²) in [6.45, 7) is 5.92. The summed E-state index contributed by atoms with van der Waals surface area (Å²) in [7, 11) is 1.65. The molecule has 1 rings (SSSR count). The highest BCUT2D eigenvalue weighted by Gasteiger charge is 2.22. The normalized spacial score (nSPS) is 10.1. The monoisotopic (exact) mass is 284 g/mol. The van der Waals surface area contributed by atoms with E-state index in [4.69, 9.17) is 16.7 Å². The number of nitrogens with zero attached hydrogens (tertiary/aromatic N) is 2. The van der Waals surface area contributed by atoms with Crippen LogP contribution in [0.1, 0.15) is 17.3 Å². The lowest BCUT2D eigenvalue weighted by Gasteiger charge is -2.22. The van der Waals surface area contributed by atoms with Crippen LogP contribution in [-0.2, 0) is 0 Å². The lowest BCUT2D eigenvalue weighted by Crippen LogP contribution is -2.22. The van der Waals surface area contributed by atoms with Gasteiger partial charge in [0.25, 0.3) is 5.69 Å². The Bertz CT molecular complexity index is 557. The Morgan fingerprint density at radius 2 is 2.16 bits per heavy atom. The maximum absolute atomic E-state index is 11.2. The van der Waals surface area contributed by atoms with E-state index in [1.165, 1.54) is 0 Å². The van der Waals surface area contributed by atoms with Crippen LogP contribution >= 0.6 is 11.6 Å². The van der Waals surface area contributed by atoms with E-state index in [1.807, 2.05) is 0 Å². The minimum absolute atomic E-state index is 0.0235. The van der Waals surface area contributed by atoms with Gasteiger partial charge in [-0.05, 0) is 6.92 Å². The summed E-state index contributed by atoms with van der Waals surface area (Å²) in [5, 5.41) is 19.9. The molecule has 0 amide bonds. The molecular weight excluding hydrogens is 272 g/mol. The first-order valence-electron chi connectivity index (χ1n) is 5.30.